The van der Waals surface area contributed by atoms with Gasteiger partial charge in [0.1, 0.15) is 0 Å². The van der Waals surface area contributed by atoms with Gasteiger partial charge in [0, 0.05) is 0 Å². The summed E-state index contributed by atoms with van der Waals surface area (Å²) >= 11 is -1.04. The van der Waals surface area contributed by atoms with Crippen molar-refractivity contribution in [2.45, 2.75) is 0 Å². The van der Waals surface area contributed by atoms with E-state index in [-0.39, 0.29) is 0 Å². The third kappa shape index (κ3) is 2.46. The number of nitrogens with zero attached hydrogens (tertiary/aromatic N) is 2. The normalized spacial score (nSPS) is 15.4. The van der Waals surface area contributed by atoms with Crippen molar-refractivity contribution in [3.63, 3.8) is 0 Å². The van der Waals surface area contributed by atoms with Crippen molar-refractivity contribution in [1.82, 2.24) is 0 Å². The van der Waals surface area contributed by atoms with Crippen LogP contribution in [0.2, 0.25) is 0 Å². The first-order valence-corrected chi connectivity index (χ1v) is 13.6. The maximum absolute atomic E-state index is 4.96. The Kier molecular flexibility index (Phi) is 3.59. The fourth-order valence-electron chi connectivity index (χ4n) is 5.42. The topological polar surface area (TPSA) is 24.7 Å². The summed E-state index contributed by atoms with van der Waals surface area (Å²) in [6, 6.07) is 30.5. The van der Waals surface area contributed by atoms with Crippen LogP contribution in [0.5, 0.6) is 0 Å². The molecule has 0 unspecified atom stereocenters. The van der Waals surface area contributed by atoms with Crippen molar-refractivity contribution < 1.29 is 23.2 Å². The van der Waals surface area contributed by atoms with Crippen molar-refractivity contribution in [3.8, 4) is 0 Å². The molecule has 33 heavy (non-hydrogen) atoms. The number of allylic oxidation sites excluding steroid dienone is 2. The number of aliphatic imine (C=N–C) groups is 2. The molecule has 2 nitrogen and oxygen atoms in total. The van der Waals surface area contributed by atoms with Gasteiger partial charge in [-0.25, -0.2) is 0 Å². The second-order valence-corrected chi connectivity index (χ2v) is 12.0. The summed E-state index contributed by atoms with van der Waals surface area (Å²) in [5.41, 5.74) is 14.9. The average Bonchev–Trinajstić information content (AvgIpc) is 3.58. The van der Waals surface area contributed by atoms with Gasteiger partial charge in [-0.15, -0.1) is 0 Å². The van der Waals surface area contributed by atoms with Gasteiger partial charge in [0.25, 0.3) is 0 Å². The Hall–Kier alpha value is -3.42. The third-order valence-electron chi connectivity index (χ3n) is 6.93. The van der Waals surface area contributed by atoms with Gasteiger partial charge in [0.2, 0.25) is 0 Å². The van der Waals surface area contributed by atoms with E-state index in [1.165, 1.54) is 51.1 Å². The van der Waals surface area contributed by atoms with E-state index in [1.54, 1.807) is 0 Å². The zero-order valence-electron chi connectivity index (χ0n) is 17.6. The molecule has 2 aliphatic carbocycles. The Morgan fingerprint density at radius 2 is 0.909 bits per heavy atom. The van der Waals surface area contributed by atoms with E-state index in [9.17, 15) is 0 Å². The Balaban J connectivity index is 1.23. The zero-order valence-corrected chi connectivity index (χ0v) is 20.1. The van der Waals surface area contributed by atoms with Gasteiger partial charge in [0.05, 0.1) is 0 Å². The number of rotatable bonds is 2. The van der Waals surface area contributed by atoms with Crippen LogP contribution in [0, 0.1) is 0 Å². The molecule has 4 aromatic rings. The maximum atomic E-state index is 4.96. The molecule has 4 aromatic carbocycles. The monoisotopic (exact) mass is 494 g/mol. The standard InChI is InChI=1S/2C15H8N.Zr/c2*1-2-6-11-10(5-1)9-13-12-7-3-4-8-14(12)16-15(11)13;/h2*1-4,6-9H;. The van der Waals surface area contributed by atoms with Gasteiger partial charge >= 0.3 is 204 Å². The average molecular weight is 496 g/mol. The molecule has 0 radical (unpaired) electrons. The number of benzene rings is 4. The molecule has 0 amide bonds. The summed E-state index contributed by atoms with van der Waals surface area (Å²) in [5.74, 6) is 0. The van der Waals surface area contributed by atoms with Gasteiger partial charge in [-0.05, 0) is 0 Å². The molecule has 0 saturated heterocycles. The third-order valence-corrected chi connectivity index (χ3v) is 10.4. The second kappa shape index (κ2) is 6.56. The molecule has 8 rings (SSSR count). The van der Waals surface area contributed by atoms with Gasteiger partial charge in [0.15, 0.2) is 0 Å². The van der Waals surface area contributed by atoms with E-state index in [1.807, 2.05) is 0 Å². The van der Waals surface area contributed by atoms with E-state index in [4.69, 9.17) is 9.98 Å². The molecule has 0 saturated carbocycles. The SMILES string of the molecule is C1=C2C(=Nc3ccccc32)c2ccc[c]([Zr][c]3cccc4c3C=C3C4=Nc4ccccc43)c21. The van der Waals surface area contributed by atoms with Gasteiger partial charge in [-0.1, -0.05) is 0 Å². The Bertz CT molecular complexity index is 1560. The summed E-state index contributed by atoms with van der Waals surface area (Å²) < 4.78 is 3.04. The van der Waals surface area contributed by atoms with Crippen molar-refractivity contribution in [1.29, 1.82) is 0 Å². The fraction of sp³-hybridized carbons (Fsp3) is 0. The predicted octanol–water partition coefficient (Wildman–Crippen LogP) is 5.70. The summed E-state index contributed by atoms with van der Waals surface area (Å²) in [5, 5.41) is 0. The molecule has 0 N–H and O–H groups in total. The summed E-state index contributed by atoms with van der Waals surface area (Å²) in [7, 11) is 0. The number of fused-ring (bicyclic) bond motifs is 10. The number of para-hydroxylation sites is 2. The van der Waals surface area contributed by atoms with Crippen LogP contribution in [0.3, 0.4) is 0 Å². The van der Waals surface area contributed by atoms with Gasteiger partial charge in [-0.3, -0.25) is 0 Å². The second-order valence-electron chi connectivity index (χ2n) is 8.73. The van der Waals surface area contributed by atoms with Crippen LogP contribution in [-0.4, -0.2) is 11.4 Å². The molecule has 0 fully saturated rings. The Labute approximate surface area is 203 Å². The van der Waals surface area contributed by atoms with Gasteiger partial charge in [-0.2, -0.15) is 0 Å². The fourth-order valence-corrected chi connectivity index (χ4v) is 8.70. The Morgan fingerprint density at radius 3 is 1.42 bits per heavy atom. The molecule has 0 aromatic heterocycles. The van der Waals surface area contributed by atoms with E-state index in [2.05, 4.69) is 97.1 Å². The summed E-state index contributed by atoms with van der Waals surface area (Å²) in [4.78, 5) is 9.93. The van der Waals surface area contributed by atoms with Crippen LogP contribution >= 0.6 is 0 Å². The first kappa shape index (κ1) is 18.1. The number of hydrogen-bond acceptors (Lipinski definition) is 2. The minimum atomic E-state index is -1.04. The molecular weight excluding hydrogens is 480 g/mol. The quantitative estimate of drug-likeness (QED) is 0.341. The first-order chi connectivity index (χ1) is 16.3. The van der Waals surface area contributed by atoms with Crippen LogP contribution < -0.4 is 6.54 Å². The predicted molar refractivity (Wildman–Crippen MR) is 133 cm³/mol. The van der Waals surface area contributed by atoms with Crippen molar-refractivity contribution in [2.24, 2.45) is 9.98 Å². The molecule has 4 aliphatic rings. The molecule has 150 valence electrons. The molecule has 2 aliphatic heterocycles. The summed E-state index contributed by atoms with van der Waals surface area (Å²) in [6.45, 7) is 0. The zero-order chi connectivity index (χ0) is 21.5. The van der Waals surface area contributed by atoms with E-state index >= 15 is 0 Å². The van der Waals surface area contributed by atoms with Crippen molar-refractivity contribution in [2.75, 3.05) is 0 Å². The summed E-state index contributed by atoms with van der Waals surface area (Å²) in [6.07, 6.45) is 4.76. The first-order valence-electron chi connectivity index (χ1n) is 11.2. The van der Waals surface area contributed by atoms with Crippen molar-refractivity contribution in [3.05, 3.63) is 118 Å². The van der Waals surface area contributed by atoms with Crippen LogP contribution in [0.25, 0.3) is 23.3 Å². The van der Waals surface area contributed by atoms with Crippen LogP contribution in [0.15, 0.2) is 94.9 Å². The van der Waals surface area contributed by atoms with Crippen LogP contribution in [0.1, 0.15) is 33.4 Å². The molecule has 0 atom stereocenters. The molecule has 2 heterocycles. The molecule has 3 heteroatoms. The number of hydrogen-bond donors (Lipinski definition) is 0. The molecular formula is C30H16N2Zr. The van der Waals surface area contributed by atoms with Crippen molar-refractivity contribution >= 4 is 52.6 Å². The molecule has 0 spiro atoms. The van der Waals surface area contributed by atoms with Crippen LogP contribution in [0.4, 0.5) is 11.4 Å². The van der Waals surface area contributed by atoms with E-state index in [0.717, 1.165) is 22.8 Å². The van der Waals surface area contributed by atoms with E-state index in [0.29, 0.717) is 0 Å². The van der Waals surface area contributed by atoms with Crippen LogP contribution in [-0.2, 0) is 23.2 Å². The van der Waals surface area contributed by atoms with E-state index < -0.39 is 23.2 Å². The molecule has 0 bridgehead atoms. The Morgan fingerprint density at radius 1 is 0.455 bits per heavy atom. The van der Waals surface area contributed by atoms with Gasteiger partial charge < -0.3 is 0 Å². The minimum absolute atomic E-state index is 1.04.